The fourth-order valence-corrected chi connectivity index (χ4v) is 1.34. The maximum absolute atomic E-state index is 11.6. The molecule has 11 nitrogen and oxygen atoms in total. The van der Waals surface area contributed by atoms with Crippen molar-refractivity contribution in [3.05, 3.63) is 5.82 Å². The van der Waals surface area contributed by atoms with Crippen LogP contribution >= 0.6 is 0 Å². The van der Waals surface area contributed by atoms with Gasteiger partial charge in [0.2, 0.25) is 0 Å². The monoisotopic (exact) mass is 286 g/mol. The van der Waals surface area contributed by atoms with Crippen molar-refractivity contribution >= 4 is 18.0 Å². The number of carboxylic acid groups (broad SMARTS) is 2. The van der Waals surface area contributed by atoms with Gasteiger partial charge in [-0.1, -0.05) is 5.21 Å². The number of rotatable bonds is 7. The lowest BCUT2D eigenvalue weighted by molar-refractivity contribution is -0.140. The Morgan fingerprint density at radius 2 is 2.00 bits per heavy atom. The van der Waals surface area contributed by atoms with Crippen molar-refractivity contribution in [2.75, 3.05) is 0 Å². The van der Waals surface area contributed by atoms with Gasteiger partial charge in [-0.25, -0.2) is 9.59 Å². The van der Waals surface area contributed by atoms with Crippen LogP contribution in [-0.2, 0) is 9.59 Å². The standard InChI is InChI=1S/C9H14N6O5/c1-4(7-12-14-15-13-7)10-9(20)11-5(8(18)19)2-3-6(16)17/h4-5H,2-3H2,1H3,(H,16,17)(H,18,19)(H2,10,11,20)(H,12,13,14,15)/t4?,5-/m0/s1. The largest absolute Gasteiger partial charge is 0.481 e. The van der Waals surface area contributed by atoms with Crippen LogP contribution in [-0.4, -0.2) is 54.8 Å². The van der Waals surface area contributed by atoms with Crippen LogP contribution in [0.4, 0.5) is 4.79 Å². The van der Waals surface area contributed by atoms with Gasteiger partial charge in [0.1, 0.15) is 6.04 Å². The first-order valence-corrected chi connectivity index (χ1v) is 5.65. The van der Waals surface area contributed by atoms with Gasteiger partial charge in [-0.3, -0.25) is 4.79 Å². The maximum Gasteiger partial charge on any atom is 0.326 e. The third-order valence-electron chi connectivity index (χ3n) is 2.35. The van der Waals surface area contributed by atoms with Crippen LogP contribution in [0.1, 0.15) is 31.6 Å². The van der Waals surface area contributed by atoms with Gasteiger partial charge in [-0.05, 0) is 13.3 Å². The van der Waals surface area contributed by atoms with E-state index >= 15 is 0 Å². The molecule has 0 bridgehead atoms. The molecule has 2 amide bonds. The number of tetrazole rings is 1. The van der Waals surface area contributed by atoms with Gasteiger partial charge < -0.3 is 20.8 Å². The molecule has 0 aliphatic rings. The molecule has 2 atom stereocenters. The number of amides is 2. The second-order valence-corrected chi connectivity index (χ2v) is 3.93. The summed E-state index contributed by atoms with van der Waals surface area (Å²) in [6, 6.07) is -2.63. The number of urea groups is 1. The van der Waals surface area contributed by atoms with Crippen molar-refractivity contribution in [3.63, 3.8) is 0 Å². The van der Waals surface area contributed by atoms with E-state index in [-0.39, 0.29) is 18.7 Å². The number of carbonyl (C=O) groups is 3. The zero-order valence-corrected chi connectivity index (χ0v) is 10.5. The van der Waals surface area contributed by atoms with E-state index in [1.165, 1.54) is 0 Å². The van der Waals surface area contributed by atoms with Gasteiger partial charge in [0.05, 0.1) is 6.04 Å². The second-order valence-electron chi connectivity index (χ2n) is 3.93. The van der Waals surface area contributed by atoms with E-state index in [4.69, 9.17) is 10.2 Å². The first kappa shape index (κ1) is 15.3. The van der Waals surface area contributed by atoms with Gasteiger partial charge in [-0.2, -0.15) is 5.21 Å². The van der Waals surface area contributed by atoms with Crippen LogP contribution in [0.2, 0.25) is 0 Å². The molecule has 20 heavy (non-hydrogen) atoms. The Bertz CT molecular complexity index is 475. The van der Waals surface area contributed by atoms with Gasteiger partial charge in [-0.15, -0.1) is 10.2 Å². The molecule has 110 valence electrons. The van der Waals surface area contributed by atoms with Crippen molar-refractivity contribution in [2.45, 2.75) is 31.8 Å². The van der Waals surface area contributed by atoms with Crippen LogP contribution in [0.3, 0.4) is 0 Å². The number of hydrogen-bond acceptors (Lipinski definition) is 6. The SMILES string of the molecule is CC(NC(=O)N[C@@H](CCC(=O)O)C(=O)O)c1nn[nH]n1. The first-order chi connectivity index (χ1) is 9.40. The first-order valence-electron chi connectivity index (χ1n) is 5.65. The number of H-pyrrole nitrogens is 1. The number of aliphatic carboxylic acids is 2. The molecule has 0 saturated heterocycles. The van der Waals surface area contributed by atoms with Crippen LogP contribution < -0.4 is 10.6 Å². The number of nitrogens with zero attached hydrogens (tertiary/aromatic N) is 3. The summed E-state index contributed by atoms with van der Waals surface area (Å²) in [4.78, 5) is 32.9. The molecule has 0 saturated carbocycles. The summed E-state index contributed by atoms with van der Waals surface area (Å²) in [5.41, 5.74) is 0. The maximum atomic E-state index is 11.6. The highest BCUT2D eigenvalue weighted by molar-refractivity contribution is 5.83. The Morgan fingerprint density at radius 1 is 1.30 bits per heavy atom. The zero-order valence-electron chi connectivity index (χ0n) is 10.5. The van der Waals surface area contributed by atoms with E-state index in [0.29, 0.717) is 0 Å². The number of aromatic amines is 1. The van der Waals surface area contributed by atoms with Crippen molar-refractivity contribution < 1.29 is 24.6 Å². The number of aromatic nitrogens is 4. The molecule has 5 N–H and O–H groups in total. The van der Waals surface area contributed by atoms with Crippen LogP contribution in [0.5, 0.6) is 0 Å². The van der Waals surface area contributed by atoms with E-state index < -0.39 is 30.1 Å². The van der Waals surface area contributed by atoms with Crippen molar-refractivity contribution in [1.29, 1.82) is 0 Å². The molecule has 1 aromatic heterocycles. The minimum atomic E-state index is -1.31. The minimum Gasteiger partial charge on any atom is -0.481 e. The van der Waals surface area contributed by atoms with Gasteiger partial charge in [0.15, 0.2) is 5.82 Å². The summed E-state index contributed by atoms with van der Waals surface area (Å²) in [7, 11) is 0. The lowest BCUT2D eigenvalue weighted by Gasteiger charge is -2.16. The fraction of sp³-hybridized carbons (Fsp3) is 0.556. The molecule has 1 unspecified atom stereocenters. The highest BCUT2D eigenvalue weighted by atomic mass is 16.4. The summed E-state index contributed by atoms with van der Waals surface area (Å²) in [6.45, 7) is 1.58. The predicted molar refractivity (Wildman–Crippen MR) is 62.6 cm³/mol. The topological polar surface area (TPSA) is 170 Å². The van der Waals surface area contributed by atoms with E-state index in [1.807, 2.05) is 0 Å². The summed E-state index contributed by atoms with van der Waals surface area (Å²) in [5.74, 6) is -2.22. The Kier molecular flexibility index (Phi) is 5.38. The molecule has 1 rings (SSSR count). The third kappa shape index (κ3) is 4.88. The molecular formula is C9H14N6O5. The van der Waals surface area contributed by atoms with E-state index in [2.05, 4.69) is 31.3 Å². The van der Waals surface area contributed by atoms with Crippen LogP contribution in [0.25, 0.3) is 0 Å². The van der Waals surface area contributed by atoms with Gasteiger partial charge in [0.25, 0.3) is 0 Å². The number of nitrogens with one attached hydrogen (secondary N) is 3. The molecule has 11 heteroatoms. The second kappa shape index (κ2) is 7.01. The number of hydrogen-bond donors (Lipinski definition) is 5. The van der Waals surface area contributed by atoms with Crippen molar-refractivity contribution in [3.8, 4) is 0 Å². The number of carbonyl (C=O) groups excluding carboxylic acids is 1. The Labute approximate surface area is 112 Å². The summed E-state index contributed by atoms with van der Waals surface area (Å²) in [6.07, 6.45) is -0.577. The number of carboxylic acids is 2. The van der Waals surface area contributed by atoms with Crippen LogP contribution in [0, 0.1) is 0 Å². The van der Waals surface area contributed by atoms with E-state index in [1.54, 1.807) is 6.92 Å². The van der Waals surface area contributed by atoms with Gasteiger partial charge >= 0.3 is 18.0 Å². The molecular weight excluding hydrogens is 272 g/mol. The molecule has 0 fully saturated rings. The molecule has 0 aromatic carbocycles. The van der Waals surface area contributed by atoms with Crippen molar-refractivity contribution in [2.24, 2.45) is 0 Å². The molecule has 0 radical (unpaired) electrons. The highest BCUT2D eigenvalue weighted by Gasteiger charge is 2.22. The van der Waals surface area contributed by atoms with Crippen molar-refractivity contribution in [1.82, 2.24) is 31.3 Å². The summed E-state index contributed by atoms with van der Waals surface area (Å²) < 4.78 is 0. The lowest BCUT2D eigenvalue weighted by Crippen LogP contribution is -2.46. The quantitative estimate of drug-likeness (QED) is 0.419. The average Bonchev–Trinajstić information content (AvgIpc) is 2.87. The van der Waals surface area contributed by atoms with E-state index in [0.717, 1.165) is 0 Å². The Morgan fingerprint density at radius 3 is 2.50 bits per heavy atom. The molecule has 0 spiro atoms. The smallest absolute Gasteiger partial charge is 0.326 e. The summed E-state index contributed by atoms with van der Waals surface area (Å²) >= 11 is 0. The summed E-state index contributed by atoms with van der Waals surface area (Å²) in [5, 5.41) is 34.8. The average molecular weight is 286 g/mol. The predicted octanol–water partition coefficient (Wildman–Crippen LogP) is -1.12. The van der Waals surface area contributed by atoms with E-state index in [9.17, 15) is 14.4 Å². The fourth-order valence-electron chi connectivity index (χ4n) is 1.34. The van der Waals surface area contributed by atoms with Crippen LogP contribution in [0.15, 0.2) is 0 Å². The third-order valence-corrected chi connectivity index (χ3v) is 2.35. The minimum absolute atomic E-state index is 0.214. The normalized spacial score (nSPS) is 13.2. The molecule has 0 aliphatic carbocycles. The van der Waals surface area contributed by atoms with Gasteiger partial charge in [0, 0.05) is 6.42 Å². The lowest BCUT2D eigenvalue weighted by atomic mass is 10.1. The highest BCUT2D eigenvalue weighted by Crippen LogP contribution is 2.03. The zero-order chi connectivity index (χ0) is 15.1. The Balaban J connectivity index is 2.49. The molecule has 0 aliphatic heterocycles. The molecule has 1 heterocycles. The Hall–Kier alpha value is -2.72. The molecule has 1 aromatic rings.